The maximum Gasteiger partial charge on any atom is 0.358 e. The third kappa shape index (κ3) is 3.34. The summed E-state index contributed by atoms with van der Waals surface area (Å²) in [6.07, 6.45) is -0.146. The summed E-state index contributed by atoms with van der Waals surface area (Å²) in [6.45, 7) is -0.0433. The number of fused-ring (bicyclic) bond motifs is 1. The first-order chi connectivity index (χ1) is 12.1. The summed E-state index contributed by atoms with van der Waals surface area (Å²) in [5, 5.41) is 0.465. The van der Waals surface area contributed by atoms with E-state index >= 15 is 0 Å². The van der Waals surface area contributed by atoms with Gasteiger partial charge in [0, 0.05) is 12.0 Å². The van der Waals surface area contributed by atoms with Gasteiger partial charge in [-0.15, -0.1) is 0 Å². The molecule has 1 aliphatic rings. The summed E-state index contributed by atoms with van der Waals surface area (Å²) < 4.78 is 30.6. The van der Waals surface area contributed by atoms with Gasteiger partial charge in [0.05, 0.1) is 38.1 Å². The number of hydrogen-bond donors (Lipinski definition) is 0. The van der Waals surface area contributed by atoms with Gasteiger partial charge in [0.25, 0.3) is 0 Å². The molecule has 2 heterocycles. The van der Waals surface area contributed by atoms with Crippen LogP contribution >= 0.6 is 11.6 Å². The number of ether oxygens (including phenoxy) is 3. The van der Waals surface area contributed by atoms with Crippen LogP contribution in [0.2, 0.25) is 5.02 Å². The summed E-state index contributed by atoms with van der Waals surface area (Å²) in [5.41, 5.74) is 1.60. The smallest absolute Gasteiger partial charge is 0.358 e. The molecular weight excluding hydrogens is 351 g/mol. The predicted molar refractivity (Wildman–Crippen MR) is 90.0 cm³/mol. The van der Waals surface area contributed by atoms with Gasteiger partial charge in [0.15, 0.2) is 5.69 Å². The zero-order valence-electron chi connectivity index (χ0n) is 13.9. The molecule has 1 aliphatic heterocycles. The number of hydrogen-bond acceptors (Lipinski definition) is 5. The number of methoxy groups -OCH3 is 2. The summed E-state index contributed by atoms with van der Waals surface area (Å²) in [7, 11) is 2.82. The minimum absolute atomic E-state index is 0.217. The van der Waals surface area contributed by atoms with Crippen molar-refractivity contribution >= 4 is 17.6 Å². The lowest BCUT2D eigenvalue weighted by Crippen LogP contribution is -2.21. The van der Waals surface area contributed by atoms with Gasteiger partial charge in [0.1, 0.15) is 24.4 Å². The largest absolute Gasteiger partial charge is 0.495 e. The fraction of sp³-hybridized carbons (Fsp3) is 0.412. The van der Waals surface area contributed by atoms with E-state index in [4.69, 9.17) is 25.8 Å². The average molecular weight is 369 g/mol. The number of benzene rings is 1. The lowest BCUT2D eigenvalue weighted by Gasteiger charge is -2.14. The van der Waals surface area contributed by atoms with Crippen LogP contribution in [0.4, 0.5) is 4.39 Å². The number of halogens is 2. The maximum atomic E-state index is 13.2. The Hall–Kier alpha value is -2.12. The van der Waals surface area contributed by atoms with E-state index in [0.29, 0.717) is 40.9 Å². The zero-order valence-corrected chi connectivity index (χ0v) is 14.7. The minimum Gasteiger partial charge on any atom is -0.495 e. The number of carbonyl (C=O) groups excluding carboxylic acids is 1. The summed E-state index contributed by atoms with van der Waals surface area (Å²) in [4.78, 5) is 16.6. The Labute approximate surface area is 149 Å². The molecule has 0 spiro atoms. The molecule has 0 saturated carbocycles. The van der Waals surface area contributed by atoms with E-state index in [-0.39, 0.29) is 12.2 Å². The van der Waals surface area contributed by atoms with Crippen LogP contribution in [0.5, 0.6) is 5.75 Å². The molecule has 134 valence electrons. The highest BCUT2D eigenvalue weighted by atomic mass is 35.5. The molecule has 1 aromatic carbocycles. The molecule has 0 unspecified atom stereocenters. The van der Waals surface area contributed by atoms with E-state index in [2.05, 4.69) is 4.98 Å². The van der Waals surface area contributed by atoms with Crippen molar-refractivity contribution in [2.45, 2.75) is 19.1 Å². The van der Waals surface area contributed by atoms with Crippen molar-refractivity contribution in [2.24, 2.45) is 0 Å². The predicted octanol–water partition coefficient (Wildman–Crippen LogP) is 2.91. The second-order valence-electron chi connectivity index (χ2n) is 5.58. The number of aromatic nitrogens is 2. The molecule has 8 heteroatoms. The average Bonchev–Trinajstić information content (AvgIpc) is 2.85. The number of carbonyl (C=O) groups is 1. The van der Waals surface area contributed by atoms with Crippen molar-refractivity contribution in [1.82, 2.24) is 9.55 Å². The maximum absolute atomic E-state index is 13.2. The van der Waals surface area contributed by atoms with Gasteiger partial charge >= 0.3 is 5.97 Å². The van der Waals surface area contributed by atoms with Crippen LogP contribution in [0.25, 0.3) is 11.4 Å². The van der Waals surface area contributed by atoms with Crippen molar-refractivity contribution in [3.8, 4) is 17.1 Å². The van der Waals surface area contributed by atoms with Crippen LogP contribution in [-0.2, 0) is 22.4 Å². The van der Waals surface area contributed by atoms with E-state index in [9.17, 15) is 9.18 Å². The molecule has 0 amide bonds. The Morgan fingerprint density at radius 2 is 2.28 bits per heavy atom. The second-order valence-corrected chi connectivity index (χ2v) is 5.99. The number of alkyl halides is 1. The minimum atomic E-state index is -0.617. The van der Waals surface area contributed by atoms with E-state index < -0.39 is 18.7 Å². The van der Waals surface area contributed by atoms with Crippen LogP contribution < -0.4 is 4.74 Å². The van der Waals surface area contributed by atoms with Gasteiger partial charge in [-0.3, -0.25) is 0 Å². The van der Waals surface area contributed by atoms with Crippen molar-refractivity contribution in [1.29, 1.82) is 0 Å². The molecule has 0 bridgehead atoms. The second kappa shape index (κ2) is 7.41. The highest BCUT2D eigenvalue weighted by molar-refractivity contribution is 6.32. The molecule has 0 fully saturated rings. The topological polar surface area (TPSA) is 62.6 Å². The Bertz CT molecular complexity index is 793. The SMILES string of the molecule is COC(=O)c1nc(-c2ccc(Cl)c(OC)c2)n2c1CCO[C@H](CF)C2. The molecule has 0 radical (unpaired) electrons. The van der Waals surface area contributed by atoms with Gasteiger partial charge in [-0.2, -0.15) is 0 Å². The first kappa shape index (κ1) is 17.7. The van der Waals surface area contributed by atoms with E-state index in [1.165, 1.54) is 14.2 Å². The Kier molecular flexibility index (Phi) is 5.24. The summed E-state index contributed by atoms with van der Waals surface area (Å²) in [6, 6.07) is 5.20. The Morgan fingerprint density at radius 3 is 2.96 bits per heavy atom. The van der Waals surface area contributed by atoms with Crippen LogP contribution in [0.1, 0.15) is 16.2 Å². The molecule has 0 saturated heterocycles. The van der Waals surface area contributed by atoms with Crippen LogP contribution in [0, 0.1) is 0 Å². The highest BCUT2D eigenvalue weighted by Crippen LogP contribution is 2.32. The molecule has 1 aromatic heterocycles. The van der Waals surface area contributed by atoms with E-state index in [0.717, 1.165) is 0 Å². The highest BCUT2D eigenvalue weighted by Gasteiger charge is 2.28. The number of rotatable bonds is 4. The van der Waals surface area contributed by atoms with Crippen molar-refractivity contribution < 1.29 is 23.4 Å². The molecule has 0 N–H and O–H groups in total. The number of esters is 1. The van der Waals surface area contributed by atoms with Crippen LogP contribution in [0.3, 0.4) is 0 Å². The van der Waals surface area contributed by atoms with Crippen molar-refractivity contribution in [3.63, 3.8) is 0 Å². The third-order valence-corrected chi connectivity index (χ3v) is 4.42. The lowest BCUT2D eigenvalue weighted by molar-refractivity contribution is 0.0355. The molecule has 0 aliphatic carbocycles. The molecule has 3 rings (SSSR count). The number of nitrogens with zero attached hydrogens (tertiary/aromatic N) is 2. The van der Waals surface area contributed by atoms with E-state index in [1.54, 1.807) is 18.2 Å². The molecule has 1 atom stereocenters. The van der Waals surface area contributed by atoms with Crippen LogP contribution in [-0.4, -0.2) is 49.1 Å². The third-order valence-electron chi connectivity index (χ3n) is 4.11. The van der Waals surface area contributed by atoms with Gasteiger partial charge in [-0.1, -0.05) is 11.6 Å². The summed E-state index contributed by atoms with van der Waals surface area (Å²) in [5.74, 6) is 0.479. The van der Waals surface area contributed by atoms with Crippen molar-refractivity contribution in [2.75, 3.05) is 27.5 Å². The standard InChI is InChI=1S/C17H18ClFN2O4/c1-23-14-7-10(3-4-12(14)18)16-20-15(17(22)24-2)13-5-6-25-11(8-19)9-21(13)16/h3-4,7,11H,5-6,8-9H2,1-2H3/t11-/m1/s1. The normalized spacial score (nSPS) is 16.9. The number of imidazole rings is 1. The van der Waals surface area contributed by atoms with Crippen LogP contribution in [0.15, 0.2) is 18.2 Å². The molecule has 6 nitrogen and oxygen atoms in total. The molecule has 25 heavy (non-hydrogen) atoms. The quantitative estimate of drug-likeness (QED) is 0.776. The molecular formula is C17H18ClFN2O4. The van der Waals surface area contributed by atoms with Gasteiger partial charge in [0.2, 0.25) is 0 Å². The molecule has 2 aromatic rings. The fourth-order valence-electron chi connectivity index (χ4n) is 2.89. The summed E-state index contributed by atoms with van der Waals surface area (Å²) >= 11 is 6.08. The monoisotopic (exact) mass is 368 g/mol. The first-order valence-corrected chi connectivity index (χ1v) is 8.16. The van der Waals surface area contributed by atoms with E-state index in [1.807, 2.05) is 4.57 Å². The Morgan fingerprint density at radius 1 is 1.48 bits per heavy atom. The van der Waals surface area contributed by atoms with Gasteiger partial charge in [-0.05, 0) is 18.2 Å². The lowest BCUT2D eigenvalue weighted by atomic mass is 10.2. The first-order valence-electron chi connectivity index (χ1n) is 7.78. The zero-order chi connectivity index (χ0) is 18.0. The van der Waals surface area contributed by atoms with Crippen molar-refractivity contribution in [3.05, 3.63) is 34.6 Å². The van der Waals surface area contributed by atoms with Gasteiger partial charge < -0.3 is 18.8 Å². The fourth-order valence-corrected chi connectivity index (χ4v) is 3.08. The van der Waals surface area contributed by atoms with Gasteiger partial charge in [-0.25, -0.2) is 14.2 Å². The Balaban J connectivity index is 2.16.